The summed E-state index contributed by atoms with van der Waals surface area (Å²) in [4.78, 5) is 4.67. The molecule has 0 unspecified atom stereocenters. The predicted octanol–water partition coefficient (Wildman–Crippen LogP) is 2.91. The minimum Gasteiger partial charge on any atom is -0.469 e. The van der Waals surface area contributed by atoms with E-state index < -0.39 is 0 Å². The molecule has 20 heavy (non-hydrogen) atoms. The molecule has 0 radical (unpaired) electrons. The highest BCUT2D eigenvalue weighted by atomic mass is 32.2. The molecule has 1 aromatic rings. The number of nitrogens with zero attached hydrogens (tertiary/aromatic N) is 1. The molecule has 1 heterocycles. The van der Waals surface area contributed by atoms with Gasteiger partial charge in [-0.1, -0.05) is 6.92 Å². The first-order valence-corrected chi connectivity index (χ1v) is 8.39. The van der Waals surface area contributed by atoms with E-state index in [4.69, 9.17) is 4.42 Å². The van der Waals surface area contributed by atoms with Crippen molar-refractivity contribution in [2.24, 2.45) is 4.99 Å². The molecule has 0 saturated heterocycles. The lowest BCUT2D eigenvalue weighted by atomic mass is 10.2. The van der Waals surface area contributed by atoms with Crippen molar-refractivity contribution in [1.82, 2.24) is 10.6 Å². The van der Waals surface area contributed by atoms with Crippen molar-refractivity contribution in [3.05, 3.63) is 24.2 Å². The fraction of sp³-hybridized carbons (Fsp3) is 0.667. The second-order valence-corrected chi connectivity index (χ2v) is 6.82. The third-order valence-corrected chi connectivity index (χ3v) is 4.19. The van der Waals surface area contributed by atoms with Gasteiger partial charge in [0.1, 0.15) is 5.76 Å². The van der Waals surface area contributed by atoms with Crippen molar-refractivity contribution >= 4 is 17.7 Å². The third-order valence-electron chi connectivity index (χ3n) is 2.96. The van der Waals surface area contributed by atoms with Crippen LogP contribution in [-0.4, -0.2) is 36.6 Å². The van der Waals surface area contributed by atoms with Crippen LogP contribution in [0.2, 0.25) is 0 Å². The second kappa shape index (κ2) is 8.95. The molecule has 0 amide bonds. The molecular formula is C15H27N3OS. The quantitative estimate of drug-likeness (QED) is 0.572. The highest BCUT2D eigenvalue weighted by Crippen LogP contribution is 2.20. The zero-order chi connectivity index (χ0) is 14.8. The standard InChI is InChI=1S/C15H27N3OS/c1-5-9-16-14(18-12-15(2,3)20-4)17-10-8-13-7-6-11-19-13/h6-7,11H,5,8-10,12H2,1-4H3,(H2,16,17,18). The third kappa shape index (κ3) is 6.89. The number of guanidine groups is 1. The van der Waals surface area contributed by atoms with E-state index in [0.29, 0.717) is 0 Å². The predicted molar refractivity (Wildman–Crippen MR) is 88.6 cm³/mol. The molecule has 0 aliphatic rings. The Morgan fingerprint density at radius 1 is 1.35 bits per heavy atom. The summed E-state index contributed by atoms with van der Waals surface area (Å²) >= 11 is 1.84. The van der Waals surface area contributed by atoms with E-state index in [1.54, 1.807) is 6.26 Å². The minimum absolute atomic E-state index is 0.168. The van der Waals surface area contributed by atoms with Gasteiger partial charge in [0.15, 0.2) is 5.96 Å². The van der Waals surface area contributed by atoms with Gasteiger partial charge in [-0.05, 0) is 38.7 Å². The normalized spacial score (nSPS) is 12.5. The van der Waals surface area contributed by atoms with Crippen LogP contribution in [0.3, 0.4) is 0 Å². The maximum atomic E-state index is 5.32. The first-order valence-electron chi connectivity index (χ1n) is 7.17. The van der Waals surface area contributed by atoms with Gasteiger partial charge in [0.2, 0.25) is 0 Å². The first kappa shape index (κ1) is 17.0. The van der Waals surface area contributed by atoms with Gasteiger partial charge >= 0.3 is 0 Å². The minimum atomic E-state index is 0.168. The number of aliphatic imine (C=N–C) groups is 1. The highest BCUT2D eigenvalue weighted by molar-refractivity contribution is 7.99. The lowest BCUT2D eigenvalue weighted by Crippen LogP contribution is -2.39. The average molecular weight is 297 g/mol. The second-order valence-electron chi connectivity index (χ2n) is 5.31. The van der Waals surface area contributed by atoms with E-state index in [9.17, 15) is 0 Å². The summed E-state index contributed by atoms with van der Waals surface area (Å²) in [5.41, 5.74) is 0. The lowest BCUT2D eigenvalue weighted by Gasteiger charge is -2.20. The molecule has 0 atom stereocenters. The van der Waals surface area contributed by atoms with E-state index in [0.717, 1.165) is 44.2 Å². The summed E-state index contributed by atoms with van der Waals surface area (Å²) in [6.07, 6.45) is 5.79. The van der Waals surface area contributed by atoms with E-state index in [2.05, 4.69) is 42.7 Å². The zero-order valence-corrected chi connectivity index (χ0v) is 13.8. The van der Waals surface area contributed by atoms with E-state index >= 15 is 0 Å². The van der Waals surface area contributed by atoms with Crippen molar-refractivity contribution in [3.63, 3.8) is 0 Å². The Labute approximate surface area is 126 Å². The summed E-state index contributed by atoms with van der Waals surface area (Å²) in [7, 11) is 0. The van der Waals surface area contributed by atoms with E-state index in [-0.39, 0.29) is 4.75 Å². The Bertz CT molecular complexity index is 388. The van der Waals surface area contributed by atoms with E-state index in [1.165, 1.54) is 0 Å². The van der Waals surface area contributed by atoms with Crippen LogP contribution >= 0.6 is 11.8 Å². The first-order chi connectivity index (χ1) is 9.57. The van der Waals surface area contributed by atoms with Crippen LogP contribution in [0.4, 0.5) is 0 Å². The summed E-state index contributed by atoms with van der Waals surface area (Å²) in [6.45, 7) is 9.13. The molecular weight excluding hydrogens is 270 g/mol. The number of nitrogens with one attached hydrogen (secondary N) is 2. The number of hydrogen-bond donors (Lipinski definition) is 2. The van der Waals surface area contributed by atoms with Crippen LogP contribution in [0.5, 0.6) is 0 Å². The van der Waals surface area contributed by atoms with Gasteiger partial charge in [0.25, 0.3) is 0 Å². The fourth-order valence-electron chi connectivity index (χ4n) is 1.51. The molecule has 114 valence electrons. The van der Waals surface area contributed by atoms with E-state index in [1.807, 2.05) is 23.9 Å². The number of hydrogen-bond acceptors (Lipinski definition) is 3. The Kier molecular flexibility index (Phi) is 7.59. The summed E-state index contributed by atoms with van der Waals surface area (Å²) < 4.78 is 5.49. The van der Waals surface area contributed by atoms with Gasteiger partial charge in [-0.2, -0.15) is 11.8 Å². The maximum Gasteiger partial charge on any atom is 0.191 e. The van der Waals surface area contributed by atoms with Gasteiger partial charge in [-0.3, -0.25) is 4.99 Å². The summed E-state index contributed by atoms with van der Waals surface area (Å²) in [6, 6.07) is 3.91. The van der Waals surface area contributed by atoms with Crippen molar-refractivity contribution in [2.45, 2.75) is 38.4 Å². The smallest absolute Gasteiger partial charge is 0.191 e. The average Bonchev–Trinajstić information content (AvgIpc) is 2.94. The van der Waals surface area contributed by atoms with Crippen molar-refractivity contribution in [3.8, 4) is 0 Å². The van der Waals surface area contributed by atoms with Crippen LogP contribution in [0.15, 0.2) is 27.8 Å². The summed E-state index contributed by atoms with van der Waals surface area (Å²) in [5, 5.41) is 6.70. The SMILES string of the molecule is CCCNC(=NCC(C)(C)SC)NCCc1ccco1. The summed E-state index contributed by atoms with van der Waals surface area (Å²) in [5.74, 6) is 1.89. The fourth-order valence-corrected chi connectivity index (χ4v) is 1.70. The Balaban J connectivity index is 2.44. The molecule has 1 aromatic heterocycles. The van der Waals surface area contributed by atoms with Crippen LogP contribution in [0, 0.1) is 0 Å². The largest absolute Gasteiger partial charge is 0.469 e. The van der Waals surface area contributed by atoms with Gasteiger partial charge in [-0.25, -0.2) is 0 Å². The maximum absolute atomic E-state index is 5.32. The molecule has 5 heteroatoms. The van der Waals surface area contributed by atoms with Crippen LogP contribution < -0.4 is 10.6 Å². The number of furan rings is 1. The van der Waals surface area contributed by atoms with Crippen LogP contribution in [0.25, 0.3) is 0 Å². The van der Waals surface area contributed by atoms with Gasteiger partial charge in [0.05, 0.1) is 12.8 Å². The number of rotatable bonds is 8. The van der Waals surface area contributed by atoms with Gasteiger partial charge < -0.3 is 15.1 Å². The monoisotopic (exact) mass is 297 g/mol. The van der Waals surface area contributed by atoms with Crippen molar-refractivity contribution < 1.29 is 4.42 Å². The molecule has 0 aromatic carbocycles. The molecule has 0 fully saturated rings. The highest BCUT2D eigenvalue weighted by Gasteiger charge is 2.15. The molecule has 0 aliphatic heterocycles. The molecule has 4 nitrogen and oxygen atoms in total. The lowest BCUT2D eigenvalue weighted by molar-refractivity contribution is 0.506. The van der Waals surface area contributed by atoms with Crippen LogP contribution in [-0.2, 0) is 6.42 Å². The van der Waals surface area contributed by atoms with Gasteiger partial charge in [-0.15, -0.1) is 0 Å². The molecule has 0 spiro atoms. The topological polar surface area (TPSA) is 49.6 Å². The van der Waals surface area contributed by atoms with Gasteiger partial charge in [0, 0.05) is 24.3 Å². The molecule has 0 aliphatic carbocycles. The van der Waals surface area contributed by atoms with Crippen LogP contribution in [0.1, 0.15) is 33.0 Å². The Morgan fingerprint density at radius 3 is 2.70 bits per heavy atom. The molecule has 0 bridgehead atoms. The zero-order valence-electron chi connectivity index (χ0n) is 13.0. The Hall–Kier alpha value is -1.10. The van der Waals surface area contributed by atoms with Crippen molar-refractivity contribution in [2.75, 3.05) is 25.9 Å². The molecule has 0 saturated carbocycles. The van der Waals surface area contributed by atoms with Crippen molar-refractivity contribution in [1.29, 1.82) is 0 Å². The number of thioether (sulfide) groups is 1. The molecule has 1 rings (SSSR count). The Morgan fingerprint density at radius 2 is 2.10 bits per heavy atom. The molecule has 2 N–H and O–H groups in total.